The summed E-state index contributed by atoms with van der Waals surface area (Å²) in [7, 11) is 0. The van der Waals surface area contributed by atoms with Crippen LogP contribution in [0.1, 0.15) is 38.2 Å². The number of rotatable bonds is 8. The van der Waals surface area contributed by atoms with Crippen molar-refractivity contribution in [2.75, 3.05) is 5.48 Å². The number of aromatic hydroxyl groups is 1. The highest BCUT2D eigenvalue weighted by molar-refractivity contribution is 7.13. The maximum atomic E-state index is 12.6. The minimum Gasteiger partial charge on any atom is -0.508 e. The largest absolute Gasteiger partial charge is 0.508 e. The lowest BCUT2D eigenvalue weighted by Crippen LogP contribution is -2.03. The van der Waals surface area contributed by atoms with Crippen molar-refractivity contribution >= 4 is 28.0 Å². The summed E-state index contributed by atoms with van der Waals surface area (Å²) in [6.45, 7) is 2.17. The molecule has 0 saturated heterocycles. The second-order valence-corrected chi connectivity index (χ2v) is 8.37. The van der Waals surface area contributed by atoms with Crippen molar-refractivity contribution in [2.24, 2.45) is 0 Å². The van der Waals surface area contributed by atoms with Gasteiger partial charge in [-0.3, -0.25) is 10.7 Å². The number of hydrogen-bond acceptors (Lipinski definition) is 7. The fourth-order valence-corrected chi connectivity index (χ4v) is 4.41. The van der Waals surface area contributed by atoms with Crippen molar-refractivity contribution in [3.05, 3.63) is 63.8 Å². The van der Waals surface area contributed by atoms with Gasteiger partial charge >= 0.3 is 5.63 Å². The zero-order valence-corrected chi connectivity index (χ0v) is 18.0. The number of phenolic OH excluding ortho intramolecular Hbond substituents is 1. The highest BCUT2D eigenvalue weighted by Crippen LogP contribution is 2.32. The van der Waals surface area contributed by atoms with Gasteiger partial charge in [0.05, 0.1) is 16.9 Å². The topological polar surface area (TPSA) is 95.6 Å². The molecule has 160 valence electrons. The number of benzene rings is 2. The summed E-state index contributed by atoms with van der Waals surface area (Å²) in [6.07, 6.45) is 5.25. The number of aryl methyl sites for hydroxylation is 1. The first-order valence-corrected chi connectivity index (χ1v) is 11.2. The number of fused-ring (bicyclic) bond motifs is 1. The van der Waals surface area contributed by atoms with E-state index in [2.05, 4.69) is 17.4 Å². The Morgan fingerprint density at radius 2 is 2.00 bits per heavy atom. The molecule has 2 aromatic carbocycles. The van der Waals surface area contributed by atoms with E-state index in [1.54, 1.807) is 18.2 Å². The standard InChI is InChI=1S/C24H24N2O4S/c1-2-3-4-5-7-16-10-17-12-19(24(28)30-22(17)13-21(16)27)23-25-20(14-31-23)15-8-6-9-18(11-15)26-29/h6,8-14,26-27,29H,2-5,7H2,1H3. The van der Waals surface area contributed by atoms with Crippen molar-refractivity contribution in [1.29, 1.82) is 0 Å². The van der Waals surface area contributed by atoms with Gasteiger partial charge < -0.3 is 9.52 Å². The number of nitrogens with one attached hydrogen (secondary N) is 1. The zero-order chi connectivity index (χ0) is 21.8. The first-order valence-electron chi connectivity index (χ1n) is 10.3. The normalized spacial score (nSPS) is 11.2. The summed E-state index contributed by atoms with van der Waals surface area (Å²) >= 11 is 1.36. The van der Waals surface area contributed by atoms with E-state index in [4.69, 9.17) is 9.62 Å². The number of thiazole rings is 1. The van der Waals surface area contributed by atoms with E-state index in [9.17, 15) is 9.90 Å². The Morgan fingerprint density at radius 1 is 1.13 bits per heavy atom. The first kappa shape index (κ1) is 21.1. The highest BCUT2D eigenvalue weighted by Gasteiger charge is 2.15. The smallest absolute Gasteiger partial charge is 0.346 e. The molecule has 0 bridgehead atoms. The molecule has 0 fully saturated rings. The molecule has 6 nitrogen and oxygen atoms in total. The van der Waals surface area contributed by atoms with Crippen LogP contribution in [0.4, 0.5) is 5.69 Å². The van der Waals surface area contributed by atoms with Crippen LogP contribution in [0.5, 0.6) is 5.75 Å². The number of hydrogen-bond donors (Lipinski definition) is 3. The van der Waals surface area contributed by atoms with Gasteiger partial charge in [-0.1, -0.05) is 38.3 Å². The summed E-state index contributed by atoms with van der Waals surface area (Å²) in [5.41, 5.74) is 5.34. The predicted octanol–water partition coefficient (Wildman–Crippen LogP) is 6.21. The van der Waals surface area contributed by atoms with Crippen LogP contribution in [0.2, 0.25) is 0 Å². The maximum absolute atomic E-state index is 12.6. The van der Waals surface area contributed by atoms with Gasteiger partial charge in [0.25, 0.3) is 0 Å². The van der Waals surface area contributed by atoms with E-state index in [0.29, 0.717) is 27.5 Å². The van der Waals surface area contributed by atoms with Gasteiger partial charge in [0.15, 0.2) is 0 Å². The molecule has 0 atom stereocenters. The third-order valence-corrected chi connectivity index (χ3v) is 6.13. The Hall–Kier alpha value is -3.16. The highest BCUT2D eigenvalue weighted by atomic mass is 32.1. The van der Waals surface area contributed by atoms with Crippen molar-refractivity contribution in [3.63, 3.8) is 0 Å². The van der Waals surface area contributed by atoms with Gasteiger partial charge in [-0.05, 0) is 42.7 Å². The molecular formula is C24H24N2O4S. The van der Waals surface area contributed by atoms with Gasteiger partial charge in [0, 0.05) is 22.4 Å². The molecule has 0 aliphatic rings. The van der Waals surface area contributed by atoms with Crippen LogP contribution in [0.25, 0.3) is 32.8 Å². The Morgan fingerprint density at radius 3 is 2.81 bits per heavy atom. The Bertz CT molecular complexity index is 1260. The number of phenols is 1. The Kier molecular flexibility index (Phi) is 6.34. The van der Waals surface area contributed by atoms with Crippen LogP contribution in [-0.4, -0.2) is 15.3 Å². The zero-order valence-electron chi connectivity index (χ0n) is 17.2. The fraction of sp³-hybridized carbons (Fsp3) is 0.250. The molecule has 0 amide bonds. The van der Waals surface area contributed by atoms with Gasteiger partial charge in [-0.15, -0.1) is 11.3 Å². The molecule has 2 heterocycles. The molecular weight excluding hydrogens is 412 g/mol. The van der Waals surface area contributed by atoms with E-state index in [1.807, 2.05) is 23.6 Å². The average Bonchev–Trinajstić information content (AvgIpc) is 3.27. The quantitative estimate of drug-likeness (QED) is 0.173. The van der Waals surface area contributed by atoms with E-state index in [0.717, 1.165) is 42.2 Å². The minimum atomic E-state index is -0.491. The van der Waals surface area contributed by atoms with E-state index < -0.39 is 5.63 Å². The Balaban J connectivity index is 1.67. The third kappa shape index (κ3) is 4.62. The van der Waals surface area contributed by atoms with E-state index in [1.165, 1.54) is 23.8 Å². The number of aromatic nitrogens is 1. The van der Waals surface area contributed by atoms with Crippen LogP contribution in [0.15, 0.2) is 57.1 Å². The number of anilines is 1. The predicted molar refractivity (Wildman–Crippen MR) is 124 cm³/mol. The summed E-state index contributed by atoms with van der Waals surface area (Å²) in [6, 6.07) is 12.4. The van der Waals surface area contributed by atoms with Gasteiger partial charge in [0.1, 0.15) is 16.3 Å². The van der Waals surface area contributed by atoms with Crippen LogP contribution in [-0.2, 0) is 6.42 Å². The van der Waals surface area contributed by atoms with Crippen molar-refractivity contribution < 1.29 is 14.7 Å². The average molecular weight is 437 g/mol. The van der Waals surface area contributed by atoms with Crippen molar-refractivity contribution in [2.45, 2.75) is 39.0 Å². The van der Waals surface area contributed by atoms with Crippen molar-refractivity contribution in [3.8, 4) is 27.6 Å². The van der Waals surface area contributed by atoms with Crippen molar-refractivity contribution in [1.82, 2.24) is 4.98 Å². The molecule has 0 aliphatic carbocycles. The molecule has 0 aliphatic heterocycles. The molecule has 31 heavy (non-hydrogen) atoms. The molecule has 4 aromatic rings. The van der Waals surface area contributed by atoms with Gasteiger partial charge in [0.2, 0.25) is 0 Å². The monoisotopic (exact) mass is 436 g/mol. The van der Waals surface area contributed by atoms with Crippen LogP contribution < -0.4 is 11.1 Å². The fourth-order valence-electron chi connectivity index (χ4n) is 3.57. The van der Waals surface area contributed by atoms with Crippen LogP contribution >= 0.6 is 11.3 Å². The third-order valence-electron chi connectivity index (χ3n) is 5.26. The molecule has 4 rings (SSSR count). The first-order chi connectivity index (χ1) is 15.1. The molecule has 0 radical (unpaired) electrons. The minimum absolute atomic E-state index is 0.161. The molecule has 7 heteroatoms. The van der Waals surface area contributed by atoms with E-state index >= 15 is 0 Å². The molecule has 0 saturated carbocycles. The molecule has 2 aromatic heterocycles. The lowest BCUT2D eigenvalue weighted by atomic mass is 10.0. The van der Waals surface area contributed by atoms with Gasteiger partial charge in [-0.2, -0.15) is 0 Å². The maximum Gasteiger partial charge on any atom is 0.346 e. The molecule has 3 N–H and O–H groups in total. The lowest BCUT2D eigenvalue weighted by Gasteiger charge is -2.07. The second kappa shape index (κ2) is 9.32. The van der Waals surface area contributed by atoms with Crippen LogP contribution in [0, 0.1) is 0 Å². The summed E-state index contributed by atoms with van der Waals surface area (Å²) in [5.74, 6) is 0.161. The molecule has 0 spiro atoms. The number of nitrogens with zero attached hydrogens (tertiary/aromatic N) is 1. The summed E-state index contributed by atoms with van der Waals surface area (Å²) in [4.78, 5) is 17.2. The lowest BCUT2D eigenvalue weighted by molar-refractivity contribution is 0.389. The second-order valence-electron chi connectivity index (χ2n) is 7.51. The van der Waals surface area contributed by atoms with Gasteiger partial charge in [-0.25, -0.2) is 9.78 Å². The summed E-state index contributed by atoms with van der Waals surface area (Å²) < 4.78 is 5.49. The SMILES string of the molecule is CCCCCCc1cc2cc(-c3nc(-c4cccc(NO)c4)cs3)c(=O)oc2cc1O. The van der Waals surface area contributed by atoms with Crippen LogP contribution in [0.3, 0.4) is 0 Å². The van der Waals surface area contributed by atoms with E-state index in [-0.39, 0.29) is 5.75 Å². The molecule has 0 unspecified atom stereocenters. The Labute approximate surface area is 183 Å². The number of unbranched alkanes of at least 4 members (excludes halogenated alkanes) is 3. The summed E-state index contributed by atoms with van der Waals surface area (Å²) in [5, 5.41) is 22.6.